The highest BCUT2D eigenvalue weighted by Gasteiger charge is 2.17. The molecule has 1 unspecified atom stereocenters. The van der Waals surface area contributed by atoms with Gasteiger partial charge in [0.15, 0.2) is 6.10 Å². The maximum absolute atomic E-state index is 12.1. The van der Waals surface area contributed by atoms with E-state index in [1.54, 1.807) is 7.11 Å². The quantitative estimate of drug-likeness (QED) is 0.642. The Hall–Kier alpha value is -1.59. The fourth-order valence-electron chi connectivity index (χ4n) is 1.86. The lowest BCUT2D eigenvalue weighted by Crippen LogP contribution is -2.41. The first kappa shape index (κ1) is 17.5. The summed E-state index contributed by atoms with van der Waals surface area (Å²) < 4.78 is 10.7. The van der Waals surface area contributed by atoms with Gasteiger partial charge in [0.1, 0.15) is 5.75 Å². The number of hydrogen-bond donors (Lipinski definition) is 2. The lowest BCUT2D eigenvalue weighted by molar-refractivity contribution is -0.128. The van der Waals surface area contributed by atoms with Crippen LogP contribution in [-0.2, 0) is 9.53 Å². The van der Waals surface area contributed by atoms with Crippen LogP contribution in [0.15, 0.2) is 24.3 Å². The Morgan fingerprint density at radius 1 is 1.29 bits per heavy atom. The van der Waals surface area contributed by atoms with Crippen LogP contribution in [0.25, 0.3) is 0 Å². The number of nitrogens with one attached hydrogen (secondary N) is 2. The van der Waals surface area contributed by atoms with Crippen LogP contribution < -0.4 is 15.4 Å². The molecule has 1 aromatic rings. The molecule has 2 N–H and O–H groups in total. The molecule has 0 aromatic heterocycles. The van der Waals surface area contributed by atoms with Crippen LogP contribution in [0, 0.1) is 6.92 Å². The minimum Gasteiger partial charge on any atom is -0.481 e. The average Bonchev–Trinajstić information content (AvgIpc) is 2.48. The van der Waals surface area contributed by atoms with Gasteiger partial charge in [-0.3, -0.25) is 4.79 Å². The van der Waals surface area contributed by atoms with Crippen LogP contribution in [0.3, 0.4) is 0 Å². The summed E-state index contributed by atoms with van der Waals surface area (Å²) >= 11 is 0. The van der Waals surface area contributed by atoms with Crippen molar-refractivity contribution < 1.29 is 14.3 Å². The monoisotopic (exact) mass is 294 g/mol. The van der Waals surface area contributed by atoms with E-state index in [1.807, 2.05) is 38.1 Å². The molecule has 0 saturated heterocycles. The number of aryl methyl sites for hydroxylation is 1. The van der Waals surface area contributed by atoms with Crippen molar-refractivity contribution in [3.8, 4) is 5.75 Å². The zero-order valence-electron chi connectivity index (χ0n) is 13.1. The molecule has 0 radical (unpaired) electrons. The largest absolute Gasteiger partial charge is 0.481 e. The van der Waals surface area contributed by atoms with Gasteiger partial charge in [0.2, 0.25) is 0 Å². The number of rotatable bonds is 10. The molecule has 0 spiro atoms. The van der Waals surface area contributed by atoms with Crippen LogP contribution in [0.1, 0.15) is 18.9 Å². The van der Waals surface area contributed by atoms with Gasteiger partial charge >= 0.3 is 0 Å². The molecule has 0 heterocycles. The van der Waals surface area contributed by atoms with Crippen LogP contribution in [0.4, 0.5) is 0 Å². The summed E-state index contributed by atoms with van der Waals surface area (Å²) in [7, 11) is 1.66. The third-order valence-electron chi connectivity index (χ3n) is 3.02. The summed E-state index contributed by atoms with van der Waals surface area (Å²) in [5, 5.41) is 6.05. The van der Waals surface area contributed by atoms with E-state index in [1.165, 1.54) is 0 Å². The Labute approximate surface area is 127 Å². The standard InChI is InChI=1S/C16H26N2O3/c1-4-15(21-14-7-5-6-13(2)12-14)16(19)18-9-8-17-10-11-20-3/h5-7,12,15,17H,4,8-11H2,1-3H3,(H,18,19). The van der Waals surface area contributed by atoms with Gasteiger partial charge in [0, 0.05) is 26.7 Å². The highest BCUT2D eigenvalue weighted by molar-refractivity contribution is 5.81. The molecule has 0 bridgehead atoms. The second-order valence-corrected chi connectivity index (χ2v) is 4.87. The Kier molecular flexibility index (Phi) is 8.47. The van der Waals surface area contributed by atoms with E-state index in [4.69, 9.17) is 9.47 Å². The van der Waals surface area contributed by atoms with Crippen molar-refractivity contribution in [2.45, 2.75) is 26.4 Å². The fourth-order valence-corrected chi connectivity index (χ4v) is 1.86. The first-order valence-electron chi connectivity index (χ1n) is 7.38. The lowest BCUT2D eigenvalue weighted by atomic mass is 10.2. The molecule has 0 aliphatic carbocycles. The van der Waals surface area contributed by atoms with Crippen LogP contribution in [0.5, 0.6) is 5.75 Å². The van der Waals surface area contributed by atoms with Gasteiger partial charge in [0.05, 0.1) is 6.61 Å². The highest BCUT2D eigenvalue weighted by atomic mass is 16.5. The van der Waals surface area contributed by atoms with Crippen molar-refractivity contribution >= 4 is 5.91 Å². The molecule has 1 rings (SSSR count). The van der Waals surface area contributed by atoms with Gasteiger partial charge in [-0.15, -0.1) is 0 Å². The number of hydrogen-bond acceptors (Lipinski definition) is 4. The summed E-state index contributed by atoms with van der Waals surface area (Å²) in [6, 6.07) is 7.73. The Morgan fingerprint density at radius 2 is 2.10 bits per heavy atom. The molecule has 0 fully saturated rings. The molecular weight excluding hydrogens is 268 g/mol. The molecular formula is C16H26N2O3. The van der Waals surface area contributed by atoms with Gasteiger partial charge in [-0.1, -0.05) is 19.1 Å². The molecule has 1 atom stereocenters. The SMILES string of the molecule is CCC(Oc1cccc(C)c1)C(=O)NCCNCCOC. The first-order chi connectivity index (χ1) is 10.2. The van der Waals surface area contributed by atoms with Crippen molar-refractivity contribution in [3.63, 3.8) is 0 Å². The van der Waals surface area contributed by atoms with Crippen LogP contribution in [0.2, 0.25) is 0 Å². The van der Waals surface area contributed by atoms with E-state index in [0.717, 1.165) is 24.4 Å². The van der Waals surface area contributed by atoms with E-state index in [9.17, 15) is 4.79 Å². The Morgan fingerprint density at radius 3 is 2.76 bits per heavy atom. The Bertz CT molecular complexity index is 424. The molecule has 5 nitrogen and oxygen atoms in total. The Balaban J connectivity index is 2.32. The summed E-state index contributed by atoms with van der Waals surface area (Å²) in [6.45, 7) is 6.69. The maximum Gasteiger partial charge on any atom is 0.261 e. The van der Waals surface area contributed by atoms with Gasteiger partial charge in [-0.2, -0.15) is 0 Å². The summed E-state index contributed by atoms with van der Waals surface area (Å²) in [5.74, 6) is 0.655. The molecule has 21 heavy (non-hydrogen) atoms. The van der Waals surface area contributed by atoms with Crippen molar-refractivity contribution in [3.05, 3.63) is 29.8 Å². The van der Waals surface area contributed by atoms with Gasteiger partial charge in [0.25, 0.3) is 5.91 Å². The normalized spacial score (nSPS) is 12.0. The summed E-state index contributed by atoms with van der Waals surface area (Å²) in [4.78, 5) is 12.1. The van der Waals surface area contributed by atoms with Crippen molar-refractivity contribution in [1.82, 2.24) is 10.6 Å². The second kappa shape index (κ2) is 10.2. The highest BCUT2D eigenvalue weighted by Crippen LogP contribution is 2.15. The average molecular weight is 294 g/mol. The number of benzene rings is 1. The van der Waals surface area contributed by atoms with Gasteiger partial charge < -0.3 is 20.1 Å². The van der Waals surface area contributed by atoms with Gasteiger partial charge in [-0.05, 0) is 31.0 Å². The molecule has 5 heteroatoms. The van der Waals surface area contributed by atoms with Crippen LogP contribution in [-0.4, -0.2) is 45.4 Å². The summed E-state index contributed by atoms with van der Waals surface area (Å²) in [6.07, 6.45) is 0.183. The summed E-state index contributed by atoms with van der Waals surface area (Å²) in [5.41, 5.74) is 1.12. The van der Waals surface area contributed by atoms with Crippen molar-refractivity contribution in [1.29, 1.82) is 0 Å². The fraction of sp³-hybridized carbons (Fsp3) is 0.562. The van der Waals surface area contributed by atoms with Crippen molar-refractivity contribution in [2.75, 3.05) is 33.4 Å². The van der Waals surface area contributed by atoms with E-state index < -0.39 is 6.10 Å². The van der Waals surface area contributed by atoms with E-state index in [0.29, 0.717) is 19.6 Å². The third kappa shape index (κ3) is 7.11. The third-order valence-corrected chi connectivity index (χ3v) is 3.02. The number of carbonyl (C=O) groups is 1. The minimum absolute atomic E-state index is 0.0763. The number of carbonyl (C=O) groups excluding carboxylic acids is 1. The molecule has 0 saturated carbocycles. The smallest absolute Gasteiger partial charge is 0.261 e. The molecule has 1 aromatic carbocycles. The van der Waals surface area contributed by atoms with Crippen LogP contribution >= 0.6 is 0 Å². The zero-order chi connectivity index (χ0) is 15.5. The lowest BCUT2D eigenvalue weighted by Gasteiger charge is -2.17. The maximum atomic E-state index is 12.1. The predicted octanol–water partition coefficient (Wildman–Crippen LogP) is 1.50. The molecule has 0 aliphatic rings. The minimum atomic E-state index is -0.453. The first-order valence-corrected chi connectivity index (χ1v) is 7.38. The second-order valence-electron chi connectivity index (χ2n) is 4.87. The zero-order valence-corrected chi connectivity index (χ0v) is 13.1. The number of methoxy groups -OCH3 is 1. The van der Waals surface area contributed by atoms with E-state index in [2.05, 4.69) is 10.6 Å². The number of amides is 1. The van der Waals surface area contributed by atoms with E-state index in [-0.39, 0.29) is 5.91 Å². The molecule has 0 aliphatic heterocycles. The van der Waals surface area contributed by atoms with E-state index >= 15 is 0 Å². The molecule has 1 amide bonds. The topological polar surface area (TPSA) is 59.6 Å². The molecule has 118 valence electrons. The number of ether oxygens (including phenoxy) is 2. The predicted molar refractivity (Wildman–Crippen MR) is 83.6 cm³/mol. The van der Waals surface area contributed by atoms with Crippen molar-refractivity contribution in [2.24, 2.45) is 0 Å². The van der Waals surface area contributed by atoms with Gasteiger partial charge in [-0.25, -0.2) is 0 Å².